The fraction of sp³-hybridized carbons (Fsp3) is 0.500. The lowest BCUT2D eigenvalue weighted by atomic mass is 10.4. The van der Waals surface area contributed by atoms with Crippen LogP contribution in [-0.4, -0.2) is 26.3 Å². The highest BCUT2D eigenvalue weighted by molar-refractivity contribution is 7.99. The van der Waals surface area contributed by atoms with E-state index >= 15 is 0 Å². The predicted molar refractivity (Wildman–Crippen MR) is 57.1 cm³/mol. The third-order valence-electron chi connectivity index (χ3n) is 2.42. The molecule has 0 radical (unpaired) electrons. The molecular formula is C10H12N2O2S. The van der Waals surface area contributed by atoms with Crippen molar-refractivity contribution >= 4 is 17.7 Å². The van der Waals surface area contributed by atoms with Crippen molar-refractivity contribution in [3.63, 3.8) is 0 Å². The summed E-state index contributed by atoms with van der Waals surface area (Å²) in [6.07, 6.45) is 7.84. The summed E-state index contributed by atoms with van der Waals surface area (Å²) < 4.78 is 0. The van der Waals surface area contributed by atoms with Crippen molar-refractivity contribution in [3.05, 3.63) is 18.1 Å². The van der Waals surface area contributed by atoms with E-state index in [-0.39, 0.29) is 5.69 Å². The Labute approximate surface area is 92.1 Å². The molecule has 1 aromatic heterocycles. The van der Waals surface area contributed by atoms with E-state index in [2.05, 4.69) is 9.97 Å². The first-order valence-corrected chi connectivity index (χ1v) is 5.85. The first kappa shape index (κ1) is 10.4. The molecule has 15 heavy (non-hydrogen) atoms. The van der Waals surface area contributed by atoms with Gasteiger partial charge in [0.2, 0.25) is 0 Å². The van der Waals surface area contributed by atoms with E-state index in [0.717, 1.165) is 5.03 Å². The Balaban J connectivity index is 2.07. The van der Waals surface area contributed by atoms with Crippen molar-refractivity contribution in [2.24, 2.45) is 0 Å². The van der Waals surface area contributed by atoms with Gasteiger partial charge in [-0.25, -0.2) is 9.78 Å². The maximum atomic E-state index is 10.7. The molecule has 0 unspecified atom stereocenters. The monoisotopic (exact) mass is 224 g/mol. The van der Waals surface area contributed by atoms with Gasteiger partial charge in [0.05, 0.1) is 12.4 Å². The molecule has 0 spiro atoms. The predicted octanol–water partition coefficient (Wildman–Crippen LogP) is 2.21. The number of thioether (sulfide) groups is 1. The van der Waals surface area contributed by atoms with E-state index in [1.807, 2.05) is 0 Å². The maximum Gasteiger partial charge on any atom is 0.356 e. The number of aromatic carboxylic acids is 1. The fourth-order valence-electron chi connectivity index (χ4n) is 1.68. The Bertz CT molecular complexity index is 364. The summed E-state index contributed by atoms with van der Waals surface area (Å²) in [7, 11) is 0. The van der Waals surface area contributed by atoms with Crippen molar-refractivity contribution in [3.8, 4) is 0 Å². The molecule has 0 atom stereocenters. The molecule has 1 fully saturated rings. The number of carbonyl (C=O) groups is 1. The molecule has 2 rings (SSSR count). The Morgan fingerprint density at radius 2 is 2.13 bits per heavy atom. The van der Waals surface area contributed by atoms with Crippen LogP contribution in [0.1, 0.15) is 36.2 Å². The van der Waals surface area contributed by atoms with Gasteiger partial charge in [-0.2, -0.15) is 0 Å². The van der Waals surface area contributed by atoms with Gasteiger partial charge in [0.25, 0.3) is 0 Å². The minimum absolute atomic E-state index is 0.0259. The second kappa shape index (κ2) is 4.61. The zero-order chi connectivity index (χ0) is 10.7. The molecule has 0 aromatic carbocycles. The largest absolute Gasteiger partial charge is 0.476 e. The van der Waals surface area contributed by atoms with Crippen LogP contribution in [0.25, 0.3) is 0 Å². The van der Waals surface area contributed by atoms with Gasteiger partial charge in [0.15, 0.2) is 5.69 Å². The first-order valence-electron chi connectivity index (χ1n) is 4.98. The van der Waals surface area contributed by atoms with Gasteiger partial charge in [-0.3, -0.25) is 4.98 Å². The third kappa shape index (κ3) is 2.68. The summed E-state index contributed by atoms with van der Waals surface area (Å²) in [6.45, 7) is 0. The van der Waals surface area contributed by atoms with Crippen LogP contribution in [0, 0.1) is 0 Å². The molecule has 1 aliphatic rings. The number of hydrogen-bond donors (Lipinski definition) is 1. The standard InChI is InChI=1S/C10H12N2O2S/c13-10(14)8-5-11-6-9(12-8)15-7-3-1-2-4-7/h5-7H,1-4H2,(H,13,14). The quantitative estimate of drug-likeness (QED) is 0.852. The van der Waals surface area contributed by atoms with Crippen LogP contribution in [0.5, 0.6) is 0 Å². The van der Waals surface area contributed by atoms with Crippen molar-refractivity contribution in [1.82, 2.24) is 9.97 Å². The van der Waals surface area contributed by atoms with Gasteiger partial charge in [-0.1, -0.05) is 12.8 Å². The second-order valence-corrected chi connectivity index (χ2v) is 4.89. The van der Waals surface area contributed by atoms with Crippen molar-refractivity contribution in [2.75, 3.05) is 0 Å². The number of hydrogen-bond acceptors (Lipinski definition) is 4. The summed E-state index contributed by atoms with van der Waals surface area (Å²) in [4.78, 5) is 18.6. The van der Waals surface area contributed by atoms with Crippen LogP contribution in [0.3, 0.4) is 0 Å². The molecule has 0 bridgehead atoms. The van der Waals surface area contributed by atoms with Crippen LogP contribution >= 0.6 is 11.8 Å². The molecule has 0 aliphatic heterocycles. The zero-order valence-electron chi connectivity index (χ0n) is 8.22. The molecule has 1 aliphatic carbocycles. The van der Waals surface area contributed by atoms with Gasteiger partial charge in [0.1, 0.15) is 5.03 Å². The summed E-state index contributed by atoms with van der Waals surface area (Å²) in [5.41, 5.74) is 0.0259. The molecule has 1 aromatic rings. The Morgan fingerprint density at radius 3 is 2.80 bits per heavy atom. The Kier molecular flexibility index (Phi) is 3.20. The maximum absolute atomic E-state index is 10.7. The fourth-order valence-corrected chi connectivity index (χ4v) is 2.87. The summed E-state index contributed by atoms with van der Waals surface area (Å²) >= 11 is 1.65. The van der Waals surface area contributed by atoms with Gasteiger partial charge < -0.3 is 5.11 Å². The van der Waals surface area contributed by atoms with E-state index in [0.29, 0.717) is 5.25 Å². The minimum atomic E-state index is -1.02. The number of aromatic nitrogens is 2. The van der Waals surface area contributed by atoms with Crippen molar-refractivity contribution < 1.29 is 9.90 Å². The average Bonchev–Trinajstić information content (AvgIpc) is 2.71. The number of carboxylic acids is 1. The molecule has 80 valence electrons. The minimum Gasteiger partial charge on any atom is -0.476 e. The summed E-state index contributed by atoms with van der Waals surface area (Å²) in [5, 5.41) is 10.1. The number of nitrogens with zero attached hydrogens (tertiary/aromatic N) is 2. The first-order chi connectivity index (χ1) is 7.25. The second-order valence-electron chi connectivity index (χ2n) is 3.57. The van der Waals surface area contributed by atoms with Gasteiger partial charge in [-0.15, -0.1) is 11.8 Å². The van der Waals surface area contributed by atoms with E-state index in [1.165, 1.54) is 31.9 Å². The molecule has 1 heterocycles. The molecule has 1 N–H and O–H groups in total. The highest BCUT2D eigenvalue weighted by atomic mass is 32.2. The van der Waals surface area contributed by atoms with Crippen LogP contribution in [-0.2, 0) is 0 Å². The number of rotatable bonds is 3. The van der Waals surface area contributed by atoms with Gasteiger partial charge in [-0.05, 0) is 12.8 Å². The van der Waals surface area contributed by atoms with Crippen LogP contribution in [0.2, 0.25) is 0 Å². The normalized spacial score (nSPS) is 16.8. The summed E-state index contributed by atoms with van der Waals surface area (Å²) in [6, 6.07) is 0. The smallest absolute Gasteiger partial charge is 0.356 e. The number of carboxylic acid groups (broad SMARTS) is 1. The molecule has 0 amide bonds. The SMILES string of the molecule is O=C(O)c1cncc(SC2CCCC2)n1. The van der Waals surface area contributed by atoms with Crippen LogP contribution in [0.15, 0.2) is 17.4 Å². The van der Waals surface area contributed by atoms with E-state index in [1.54, 1.807) is 18.0 Å². The lowest BCUT2D eigenvalue weighted by Gasteiger charge is -2.07. The third-order valence-corrected chi connectivity index (χ3v) is 3.66. The Hall–Kier alpha value is -1.10. The summed E-state index contributed by atoms with van der Waals surface area (Å²) in [5.74, 6) is -1.02. The zero-order valence-corrected chi connectivity index (χ0v) is 9.04. The lowest BCUT2D eigenvalue weighted by molar-refractivity contribution is 0.0689. The van der Waals surface area contributed by atoms with Gasteiger partial charge >= 0.3 is 5.97 Å². The van der Waals surface area contributed by atoms with E-state index in [9.17, 15) is 4.79 Å². The van der Waals surface area contributed by atoms with Gasteiger partial charge in [0, 0.05) is 5.25 Å². The topological polar surface area (TPSA) is 63.1 Å². The highest BCUT2D eigenvalue weighted by Gasteiger charge is 2.17. The van der Waals surface area contributed by atoms with Crippen molar-refractivity contribution in [1.29, 1.82) is 0 Å². The van der Waals surface area contributed by atoms with Crippen LogP contribution in [0.4, 0.5) is 0 Å². The van der Waals surface area contributed by atoms with E-state index in [4.69, 9.17) is 5.11 Å². The van der Waals surface area contributed by atoms with Crippen LogP contribution < -0.4 is 0 Å². The lowest BCUT2D eigenvalue weighted by Crippen LogP contribution is -2.03. The molecule has 0 saturated heterocycles. The van der Waals surface area contributed by atoms with Crippen molar-refractivity contribution in [2.45, 2.75) is 36.0 Å². The molecule has 5 heteroatoms. The molecule has 1 saturated carbocycles. The molecular weight excluding hydrogens is 212 g/mol. The Morgan fingerprint density at radius 1 is 1.40 bits per heavy atom. The average molecular weight is 224 g/mol. The molecule has 4 nitrogen and oxygen atoms in total. The highest BCUT2D eigenvalue weighted by Crippen LogP contribution is 2.33. The van der Waals surface area contributed by atoms with E-state index < -0.39 is 5.97 Å².